The van der Waals surface area contributed by atoms with Crippen molar-refractivity contribution >= 4 is 5.82 Å². The molecule has 3 aromatic rings. The van der Waals surface area contributed by atoms with Gasteiger partial charge in [-0.1, -0.05) is 6.07 Å². The van der Waals surface area contributed by atoms with E-state index in [0.29, 0.717) is 0 Å². The lowest BCUT2D eigenvalue weighted by atomic mass is 10.1. The van der Waals surface area contributed by atoms with E-state index in [1.807, 2.05) is 22.9 Å². The molecule has 0 amide bonds. The second-order valence-electron chi connectivity index (χ2n) is 6.60. The molecule has 5 heteroatoms. The highest BCUT2D eigenvalue weighted by Gasteiger charge is 2.26. The number of nitrogens with one attached hydrogen (secondary N) is 1. The normalized spacial score (nSPS) is 12.6. The van der Waals surface area contributed by atoms with Gasteiger partial charge >= 0.3 is 0 Å². The minimum absolute atomic E-state index is 0.793. The van der Waals surface area contributed by atoms with Crippen molar-refractivity contribution in [2.45, 2.75) is 20.3 Å². The largest absolute Gasteiger partial charge is 0.497 e. The van der Waals surface area contributed by atoms with Crippen LogP contribution >= 0.6 is 0 Å². The average Bonchev–Trinajstić information content (AvgIpc) is 3.26. The van der Waals surface area contributed by atoms with Crippen LogP contribution in [-0.2, 0) is 6.42 Å². The second-order valence-corrected chi connectivity index (χ2v) is 6.60. The van der Waals surface area contributed by atoms with Crippen LogP contribution in [0.2, 0.25) is 0 Å². The van der Waals surface area contributed by atoms with Gasteiger partial charge in [0.25, 0.3) is 0 Å². The fourth-order valence-corrected chi connectivity index (χ4v) is 3.43. The summed E-state index contributed by atoms with van der Waals surface area (Å²) in [7, 11) is 3.36. The first kappa shape index (κ1) is 16.5. The lowest BCUT2D eigenvalue weighted by Crippen LogP contribution is -2.05. The van der Waals surface area contributed by atoms with E-state index in [-0.39, 0.29) is 0 Å². The Bertz CT molecular complexity index is 976. The van der Waals surface area contributed by atoms with E-state index in [0.717, 1.165) is 47.2 Å². The maximum atomic E-state index is 5.58. The van der Waals surface area contributed by atoms with Crippen molar-refractivity contribution in [3.63, 3.8) is 0 Å². The molecule has 134 valence electrons. The number of benzene rings is 2. The maximum absolute atomic E-state index is 5.58. The number of nitrogens with zero attached hydrogens (tertiary/aromatic N) is 2. The Labute approximate surface area is 153 Å². The molecule has 0 saturated carbocycles. The van der Waals surface area contributed by atoms with Crippen LogP contribution in [0.1, 0.15) is 16.7 Å². The van der Waals surface area contributed by atoms with Gasteiger partial charge in [0.1, 0.15) is 23.0 Å². The van der Waals surface area contributed by atoms with Gasteiger partial charge in [0.15, 0.2) is 0 Å². The summed E-state index contributed by atoms with van der Waals surface area (Å²) in [6.45, 7) is 5.16. The number of aryl methyl sites for hydroxylation is 2. The van der Waals surface area contributed by atoms with E-state index in [4.69, 9.17) is 14.6 Å². The molecule has 0 bridgehead atoms. The number of fused-ring (bicyclic) bond motifs is 1. The van der Waals surface area contributed by atoms with Gasteiger partial charge in [-0.15, -0.1) is 0 Å². The molecule has 2 aromatic carbocycles. The van der Waals surface area contributed by atoms with Crippen molar-refractivity contribution in [3.8, 4) is 28.4 Å². The predicted molar refractivity (Wildman–Crippen MR) is 104 cm³/mol. The lowest BCUT2D eigenvalue weighted by molar-refractivity contribution is 0.404. The molecule has 0 saturated heterocycles. The molecule has 1 N–H and O–H groups in total. The maximum Gasteiger partial charge on any atom is 0.133 e. The molecule has 2 heterocycles. The molecule has 1 aliphatic heterocycles. The van der Waals surface area contributed by atoms with E-state index in [1.165, 1.54) is 16.7 Å². The molecule has 1 aromatic heterocycles. The van der Waals surface area contributed by atoms with Gasteiger partial charge < -0.3 is 14.8 Å². The van der Waals surface area contributed by atoms with Crippen molar-refractivity contribution in [2.75, 3.05) is 26.1 Å². The highest BCUT2D eigenvalue weighted by molar-refractivity contribution is 5.77. The van der Waals surface area contributed by atoms with Crippen molar-refractivity contribution in [1.29, 1.82) is 0 Å². The number of methoxy groups -OCH3 is 2. The van der Waals surface area contributed by atoms with Gasteiger partial charge in [-0.05, 0) is 61.7 Å². The molecule has 0 fully saturated rings. The first-order valence-corrected chi connectivity index (χ1v) is 8.78. The van der Waals surface area contributed by atoms with Gasteiger partial charge in [-0.2, -0.15) is 5.10 Å². The number of hydrogen-bond donors (Lipinski definition) is 1. The fraction of sp³-hybridized carbons (Fsp3) is 0.286. The van der Waals surface area contributed by atoms with Gasteiger partial charge in [-0.3, -0.25) is 0 Å². The summed E-state index contributed by atoms with van der Waals surface area (Å²) in [5, 5.41) is 8.43. The first-order valence-electron chi connectivity index (χ1n) is 8.78. The van der Waals surface area contributed by atoms with Crippen LogP contribution in [0.4, 0.5) is 5.82 Å². The quantitative estimate of drug-likeness (QED) is 0.769. The van der Waals surface area contributed by atoms with E-state index >= 15 is 0 Å². The molecule has 0 aliphatic carbocycles. The van der Waals surface area contributed by atoms with Crippen molar-refractivity contribution in [1.82, 2.24) is 9.78 Å². The zero-order valence-corrected chi connectivity index (χ0v) is 15.6. The van der Waals surface area contributed by atoms with E-state index < -0.39 is 0 Å². The third-order valence-electron chi connectivity index (χ3n) is 5.05. The van der Waals surface area contributed by atoms with Crippen LogP contribution in [0, 0.1) is 13.8 Å². The first-order chi connectivity index (χ1) is 12.6. The molecule has 4 rings (SSSR count). The molecule has 1 aliphatic rings. The topological polar surface area (TPSA) is 48.3 Å². The second kappa shape index (κ2) is 6.41. The Hall–Kier alpha value is -2.95. The molecule has 5 nitrogen and oxygen atoms in total. The van der Waals surface area contributed by atoms with Crippen LogP contribution in [0.25, 0.3) is 16.9 Å². The van der Waals surface area contributed by atoms with E-state index in [1.54, 1.807) is 14.2 Å². The fourth-order valence-electron chi connectivity index (χ4n) is 3.43. The summed E-state index contributed by atoms with van der Waals surface area (Å²) in [5.74, 6) is 2.65. The van der Waals surface area contributed by atoms with Crippen LogP contribution in [-0.4, -0.2) is 30.5 Å². The number of rotatable bonds is 4. The van der Waals surface area contributed by atoms with Gasteiger partial charge in [0, 0.05) is 17.7 Å². The smallest absolute Gasteiger partial charge is 0.133 e. The molecule has 26 heavy (non-hydrogen) atoms. The third-order valence-corrected chi connectivity index (χ3v) is 5.05. The molecule has 0 radical (unpaired) electrons. The van der Waals surface area contributed by atoms with Crippen molar-refractivity contribution < 1.29 is 9.47 Å². The van der Waals surface area contributed by atoms with E-state index in [2.05, 4.69) is 37.4 Å². The summed E-state index contributed by atoms with van der Waals surface area (Å²) in [6.07, 6.45) is 0.940. The van der Waals surface area contributed by atoms with Crippen LogP contribution in [0.3, 0.4) is 0 Å². The Morgan fingerprint density at radius 2 is 1.85 bits per heavy atom. The van der Waals surface area contributed by atoms with Gasteiger partial charge in [0.2, 0.25) is 0 Å². The lowest BCUT2D eigenvalue weighted by Gasteiger charge is -2.10. The average molecular weight is 349 g/mol. The summed E-state index contributed by atoms with van der Waals surface area (Å²) in [5.41, 5.74) is 6.71. The molecular formula is C21H23N3O2. The Morgan fingerprint density at radius 1 is 1.00 bits per heavy atom. The number of hydrogen-bond acceptors (Lipinski definition) is 4. The minimum Gasteiger partial charge on any atom is -0.497 e. The van der Waals surface area contributed by atoms with Crippen LogP contribution < -0.4 is 14.8 Å². The zero-order valence-electron chi connectivity index (χ0n) is 15.6. The van der Waals surface area contributed by atoms with Gasteiger partial charge in [0.05, 0.1) is 19.9 Å². The predicted octanol–water partition coefficient (Wildman–Crippen LogP) is 4.14. The highest BCUT2D eigenvalue weighted by atomic mass is 16.5. The molecule has 0 unspecified atom stereocenters. The standard InChI is InChI=1S/C21H23N3O2/c1-13-5-6-15(11-14(13)2)24-21-17(9-10-22-21)20(23-24)18-12-16(25-3)7-8-19(18)26-4/h5-8,11-12,22H,9-10H2,1-4H3. The summed E-state index contributed by atoms with van der Waals surface area (Å²) in [4.78, 5) is 0. The van der Waals surface area contributed by atoms with Crippen molar-refractivity contribution in [2.24, 2.45) is 0 Å². The van der Waals surface area contributed by atoms with Crippen LogP contribution in [0.15, 0.2) is 36.4 Å². The van der Waals surface area contributed by atoms with Crippen molar-refractivity contribution in [3.05, 3.63) is 53.1 Å². The molecular weight excluding hydrogens is 326 g/mol. The summed E-state index contributed by atoms with van der Waals surface area (Å²) < 4.78 is 13.0. The highest BCUT2D eigenvalue weighted by Crippen LogP contribution is 2.40. The van der Waals surface area contributed by atoms with Crippen LogP contribution in [0.5, 0.6) is 11.5 Å². The molecule has 0 atom stereocenters. The number of ether oxygens (including phenoxy) is 2. The number of aromatic nitrogens is 2. The molecule has 0 spiro atoms. The van der Waals surface area contributed by atoms with E-state index in [9.17, 15) is 0 Å². The Morgan fingerprint density at radius 3 is 2.58 bits per heavy atom. The summed E-state index contributed by atoms with van der Waals surface area (Å²) in [6, 6.07) is 12.3. The van der Waals surface area contributed by atoms with Gasteiger partial charge in [-0.25, -0.2) is 4.68 Å². The minimum atomic E-state index is 0.793. The zero-order chi connectivity index (χ0) is 18.3. The third kappa shape index (κ3) is 2.60. The monoisotopic (exact) mass is 349 g/mol. The Balaban J connectivity index is 1.91. The number of anilines is 1. The Kier molecular flexibility index (Phi) is 4.07. The SMILES string of the molecule is COc1ccc(OC)c(-c2nn(-c3ccc(C)c(C)c3)c3c2CCN3)c1. The summed E-state index contributed by atoms with van der Waals surface area (Å²) >= 11 is 0.